The van der Waals surface area contributed by atoms with Crippen molar-refractivity contribution in [2.24, 2.45) is 5.11 Å². The molecule has 122 valence electrons. The van der Waals surface area contributed by atoms with Crippen LogP contribution in [0.2, 0.25) is 0 Å². The molecule has 0 atom stereocenters. The van der Waals surface area contributed by atoms with Gasteiger partial charge in [-0.2, -0.15) is 0 Å². The summed E-state index contributed by atoms with van der Waals surface area (Å²) in [7, 11) is 0. The minimum atomic E-state index is -5.27. The topological polar surface area (TPSA) is 128 Å². The van der Waals surface area contributed by atoms with E-state index in [0.717, 1.165) is 20.8 Å². The van der Waals surface area contributed by atoms with Gasteiger partial charge in [-0.05, 0) is 0 Å². The quantitative estimate of drug-likeness (QED) is 0.243. The van der Waals surface area contributed by atoms with E-state index in [1.807, 2.05) is 0 Å². The molecule has 0 unspecified atom stereocenters. The fraction of sp³-hybridized carbons (Fsp3) is 0.308. The molecule has 0 fully saturated rings. The first-order chi connectivity index (χ1) is 10.8. The molecular formula is C13H15N3O6Pb. The van der Waals surface area contributed by atoms with E-state index in [0.29, 0.717) is 5.56 Å². The van der Waals surface area contributed by atoms with Gasteiger partial charge in [0.25, 0.3) is 0 Å². The number of benzene rings is 1. The molecule has 23 heavy (non-hydrogen) atoms. The van der Waals surface area contributed by atoms with Gasteiger partial charge >= 0.3 is 139 Å². The normalized spacial score (nSPS) is 10.2. The van der Waals surface area contributed by atoms with Crippen molar-refractivity contribution in [1.82, 2.24) is 0 Å². The zero-order valence-electron chi connectivity index (χ0n) is 12.8. The SMILES string of the molecule is CC(=O)[O][Pb]([O]C(C)=O)([O]C(C)=O)[c]1ccccc1CN=[N+]=[N-]. The summed E-state index contributed by atoms with van der Waals surface area (Å²) in [5, 5.41) is 3.45. The Kier molecular flexibility index (Phi) is 6.97. The van der Waals surface area contributed by atoms with Gasteiger partial charge in [-0.25, -0.2) is 0 Å². The second kappa shape index (κ2) is 8.48. The summed E-state index contributed by atoms with van der Waals surface area (Å²) in [6.45, 7) is 3.30. The van der Waals surface area contributed by atoms with E-state index in [9.17, 15) is 14.4 Å². The standard InChI is InChI=1S/C7H6N3.3C2H4O2.Pb/c8-10-9-6-7-4-2-1-3-5-7;3*1-2(3)4;/h1-4H,6H2;3*1H3,(H,3,4);/q;;;;+3/p-3. The molecule has 0 aliphatic carbocycles. The fourth-order valence-electron chi connectivity index (χ4n) is 1.86. The van der Waals surface area contributed by atoms with Crippen LogP contribution in [0.4, 0.5) is 0 Å². The zero-order valence-corrected chi connectivity index (χ0v) is 16.7. The number of carbonyl (C=O) groups is 3. The maximum atomic E-state index is 11.5. The second-order valence-corrected chi connectivity index (χ2v) is 13.2. The maximum absolute atomic E-state index is 11.5. The summed E-state index contributed by atoms with van der Waals surface area (Å²) in [4.78, 5) is 37.1. The summed E-state index contributed by atoms with van der Waals surface area (Å²) in [6, 6.07) is 6.41. The van der Waals surface area contributed by atoms with E-state index >= 15 is 0 Å². The van der Waals surface area contributed by atoms with Crippen LogP contribution in [0.5, 0.6) is 0 Å². The molecule has 1 rings (SSSR count). The van der Waals surface area contributed by atoms with Gasteiger partial charge in [-0.3, -0.25) is 0 Å². The molecule has 0 amide bonds. The second-order valence-electron chi connectivity index (χ2n) is 4.38. The molecule has 0 spiro atoms. The van der Waals surface area contributed by atoms with Gasteiger partial charge in [0.15, 0.2) is 0 Å². The Hall–Kier alpha value is -2.14. The third kappa shape index (κ3) is 5.53. The summed E-state index contributed by atoms with van der Waals surface area (Å²) in [5.74, 6) is -2.23. The number of azide groups is 1. The van der Waals surface area contributed by atoms with Crippen molar-refractivity contribution >= 4 is 43.6 Å². The van der Waals surface area contributed by atoms with Crippen LogP contribution in [-0.4, -0.2) is 40.4 Å². The summed E-state index contributed by atoms with van der Waals surface area (Å²) >= 11 is -5.27. The van der Waals surface area contributed by atoms with Gasteiger partial charge < -0.3 is 0 Å². The molecule has 1 aromatic rings. The van der Waals surface area contributed by atoms with E-state index in [1.165, 1.54) is 6.07 Å². The molecule has 0 heterocycles. The van der Waals surface area contributed by atoms with Crippen LogP contribution in [0, 0.1) is 0 Å². The summed E-state index contributed by atoms with van der Waals surface area (Å²) < 4.78 is 16.0. The fourth-order valence-corrected chi connectivity index (χ4v) is 11.4. The van der Waals surface area contributed by atoms with E-state index in [2.05, 4.69) is 10.0 Å². The number of hydrogen-bond donors (Lipinski definition) is 0. The number of nitrogens with zero attached hydrogens (tertiary/aromatic N) is 3. The first kappa shape index (κ1) is 18.9. The molecule has 0 saturated carbocycles. The Bertz CT molecular complexity index is 631. The Labute approximate surface area is 138 Å². The number of carbonyl (C=O) groups excluding carboxylic acids is 3. The molecule has 1 aromatic carbocycles. The molecule has 0 radical (unpaired) electrons. The van der Waals surface area contributed by atoms with Crippen molar-refractivity contribution in [3.63, 3.8) is 0 Å². The summed E-state index contributed by atoms with van der Waals surface area (Å²) in [6.07, 6.45) is 0. The predicted octanol–water partition coefficient (Wildman–Crippen LogP) is 1.33. The van der Waals surface area contributed by atoms with Crippen molar-refractivity contribution in [1.29, 1.82) is 0 Å². The third-order valence-corrected chi connectivity index (χ3v) is 13.4. The van der Waals surface area contributed by atoms with Gasteiger partial charge in [0.1, 0.15) is 0 Å². The van der Waals surface area contributed by atoms with Crippen LogP contribution in [-0.2, 0) is 29.0 Å². The Balaban J connectivity index is 3.52. The average molecular weight is 516 g/mol. The van der Waals surface area contributed by atoms with Gasteiger partial charge in [-0.15, -0.1) is 0 Å². The van der Waals surface area contributed by atoms with Gasteiger partial charge in [0, 0.05) is 0 Å². The van der Waals surface area contributed by atoms with Crippen molar-refractivity contribution in [2.75, 3.05) is 0 Å². The molecule has 0 N–H and O–H groups in total. The zero-order chi connectivity index (χ0) is 17.5. The first-order valence-electron chi connectivity index (χ1n) is 6.48. The molecule has 0 saturated heterocycles. The molecule has 0 bridgehead atoms. The van der Waals surface area contributed by atoms with E-state index in [1.54, 1.807) is 18.2 Å². The Morgan fingerprint density at radius 3 is 1.96 bits per heavy atom. The molecule has 0 aliphatic heterocycles. The van der Waals surface area contributed by atoms with Gasteiger partial charge in [-0.1, -0.05) is 0 Å². The van der Waals surface area contributed by atoms with Gasteiger partial charge in [0.2, 0.25) is 0 Å². The Morgan fingerprint density at radius 1 is 1.04 bits per heavy atom. The number of hydrogen-bond acceptors (Lipinski definition) is 7. The predicted molar refractivity (Wildman–Crippen MR) is 80.0 cm³/mol. The molecule has 0 aromatic heterocycles. The van der Waals surface area contributed by atoms with Crippen molar-refractivity contribution in [2.45, 2.75) is 27.3 Å². The van der Waals surface area contributed by atoms with Crippen LogP contribution in [0.15, 0.2) is 29.4 Å². The van der Waals surface area contributed by atoms with Crippen LogP contribution < -0.4 is 3.12 Å². The van der Waals surface area contributed by atoms with E-state index in [4.69, 9.17) is 13.6 Å². The third-order valence-electron chi connectivity index (χ3n) is 2.49. The first-order valence-corrected chi connectivity index (χ1v) is 13.2. The van der Waals surface area contributed by atoms with Crippen molar-refractivity contribution in [3.8, 4) is 0 Å². The van der Waals surface area contributed by atoms with E-state index in [-0.39, 0.29) is 9.67 Å². The molecular weight excluding hydrogens is 501 g/mol. The molecule has 0 aliphatic rings. The van der Waals surface area contributed by atoms with Crippen LogP contribution >= 0.6 is 0 Å². The number of rotatable bonds is 6. The Morgan fingerprint density at radius 2 is 1.52 bits per heavy atom. The van der Waals surface area contributed by atoms with Crippen LogP contribution in [0.25, 0.3) is 10.4 Å². The van der Waals surface area contributed by atoms with E-state index < -0.39 is 40.4 Å². The van der Waals surface area contributed by atoms with Crippen LogP contribution in [0.1, 0.15) is 26.3 Å². The monoisotopic (exact) mass is 517 g/mol. The van der Waals surface area contributed by atoms with Gasteiger partial charge in [0.05, 0.1) is 0 Å². The van der Waals surface area contributed by atoms with Crippen LogP contribution in [0.3, 0.4) is 0 Å². The average Bonchev–Trinajstić information content (AvgIpc) is 2.43. The van der Waals surface area contributed by atoms with Crippen molar-refractivity contribution in [3.05, 3.63) is 40.3 Å². The summed E-state index contributed by atoms with van der Waals surface area (Å²) in [5.41, 5.74) is 8.93. The minimum absolute atomic E-state index is 0.0712. The molecule has 9 nitrogen and oxygen atoms in total. The van der Waals surface area contributed by atoms with Crippen molar-refractivity contribution < 1.29 is 22.4 Å². The molecule has 10 heteroatoms.